The van der Waals surface area contributed by atoms with Crippen LogP contribution in [0.2, 0.25) is 0 Å². The number of rotatable bonds is 5. The van der Waals surface area contributed by atoms with Crippen LogP contribution in [-0.2, 0) is 5.60 Å². The zero-order valence-corrected chi connectivity index (χ0v) is 12.1. The third-order valence-electron chi connectivity index (χ3n) is 3.34. The second-order valence-corrected chi connectivity index (χ2v) is 5.29. The highest BCUT2D eigenvalue weighted by atomic mass is 19.1. The molecular formula is C17H19FO3. The van der Waals surface area contributed by atoms with Crippen molar-refractivity contribution in [2.75, 3.05) is 6.61 Å². The second-order valence-electron chi connectivity index (χ2n) is 5.29. The molecule has 0 bridgehead atoms. The maximum absolute atomic E-state index is 13.7. The van der Waals surface area contributed by atoms with E-state index in [1.54, 1.807) is 25.1 Å². The summed E-state index contributed by atoms with van der Waals surface area (Å²) in [6, 6.07) is 13.4. The van der Waals surface area contributed by atoms with Gasteiger partial charge in [-0.3, -0.25) is 0 Å². The molecular weight excluding hydrogens is 271 g/mol. The lowest BCUT2D eigenvalue weighted by Crippen LogP contribution is -2.29. The fraction of sp³-hybridized carbons (Fsp3) is 0.294. The van der Waals surface area contributed by atoms with Gasteiger partial charge in [-0.1, -0.05) is 30.3 Å². The number of halogens is 1. The third-order valence-corrected chi connectivity index (χ3v) is 3.34. The van der Waals surface area contributed by atoms with Crippen LogP contribution in [0.15, 0.2) is 48.5 Å². The average Bonchev–Trinajstić information content (AvgIpc) is 2.46. The van der Waals surface area contributed by atoms with Gasteiger partial charge in [0, 0.05) is 11.6 Å². The van der Waals surface area contributed by atoms with Gasteiger partial charge in [-0.15, -0.1) is 0 Å². The van der Waals surface area contributed by atoms with Crippen molar-refractivity contribution < 1.29 is 19.3 Å². The Kier molecular flexibility index (Phi) is 4.60. The van der Waals surface area contributed by atoms with Gasteiger partial charge < -0.3 is 14.9 Å². The van der Waals surface area contributed by atoms with E-state index >= 15 is 0 Å². The molecule has 0 saturated carbocycles. The van der Waals surface area contributed by atoms with Crippen LogP contribution < -0.4 is 4.74 Å². The van der Waals surface area contributed by atoms with Gasteiger partial charge in [-0.05, 0) is 31.5 Å². The van der Waals surface area contributed by atoms with E-state index in [1.807, 2.05) is 18.2 Å². The Labute approximate surface area is 123 Å². The minimum absolute atomic E-state index is 0.00444. The molecule has 0 aliphatic heterocycles. The van der Waals surface area contributed by atoms with E-state index in [0.29, 0.717) is 5.75 Å². The lowest BCUT2D eigenvalue weighted by Gasteiger charge is -2.24. The molecule has 0 radical (unpaired) electrons. The summed E-state index contributed by atoms with van der Waals surface area (Å²) in [6.45, 7) is 3.15. The van der Waals surface area contributed by atoms with Gasteiger partial charge in [0.1, 0.15) is 23.8 Å². The third kappa shape index (κ3) is 3.80. The van der Waals surface area contributed by atoms with Crippen LogP contribution in [0.3, 0.4) is 0 Å². The van der Waals surface area contributed by atoms with Crippen molar-refractivity contribution in [2.45, 2.75) is 25.6 Å². The standard InChI is InChI=1S/C17H19FO3/c1-12(19)15-9-8-14(10-16(15)18)21-11-17(2,20)13-6-4-3-5-7-13/h3-10,12,19-20H,11H2,1-2H3/t12-,17?/m0/s1. The Hall–Kier alpha value is -1.91. The molecule has 0 aromatic heterocycles. The van der Waals surface area contributed by atoms with Crippen LogP contribution >= 0.6 is 0 Å². The molecule has 2 N–H and O–H groups in total. The van der Waals surface area contributed by atoms with Gasteiger partial charge in [0.15, 0.2) is 0 Å². The van der Waals surface area contributed by atoms with Crippen molar-refractivity contribution in [2.24, 2.45) is 0 Å². The average molecular weight is 290 g/mol. The molecule has 0 aliphatic carbocycles. The topological polar surface area (TPSA) is 49.7 Å². The Balaban J connectivity index is 2.08. The highest BCUT2D eigenvalue weighted by Gasteiger charge is 2.24. The van der Waals surface area contributed by atoms with Crippen LogP contribution in [0.4, 0.5) is 4.39 Å². The summed E-state index contributed by atoms with van der Waals surface area (Å²) >= 11 is 0. The molecule has 2 atom stereocenters. The number of hydrogen-bond donors (Lipinski definition) is 2. The maximum Gasteiger partial charge on any atom is 0.132 e. The first-order valence-corrected chi connectivity index (χ1v) is 6.78. The van der Waals surface area contributed by atoms with Crippen LogP contribution in [0.5, 0.6) is 5.75 Å². The van der Waals surface area contributed by atoms with Gasteiger partial charge in [0.2, 0.25) is 0 Å². The Morgan fingerprint density at radius 1 is 1.19 bits per heavy atom. The minimum Gasteiger partial charge on any atom is -0.490 e. The van der Waals surface area contributed by atoms with Crippen molar-refractivity contribution in [3.63, 3.8) is 0 Å². The summed E-state index contributed by atoms with van der Waals surface area (Å²) in [4.78, 5) is 0. The van der Waals surface area contributed by atoms with E-state index < -0.39 is 17.5 Å². The first-order valence-electron chi connectivity index (χ1n) is 6.78. The van der Waals surface area contributed by atoms with Crippen LogP contribution in [0.25, 0.3) is 0 Å². The van der Waals surface area contributed by atoms with E-state index in [4.69, 9.17) is 4.74 Å². The highest BCUT2D eigenvalue weighted by Crippen LogP contribution is 2.25. The molecule has 0 heterocycles. The molecule has 0 saturated heterocycles. The van der Waals surface area contributed by atoms with Crippen LogP contribution in [-0.4, -0.2) is 16.8 Å². The maximum atomic E-state index is 13.7. The largest absolute Gasteiger partial charge is 0.490 e. The summed E-state index contributed by atoms with van der Waals surface area (Å²) in [7, 11) is 0. The van der Waals surface area contributed by atoms with Crippen molar-refractivity contribution >= 4 is 0 Å². The summed E-state index contributed by atoms with van der Waals surface area (Å²) < 4.78 is 19.2. The summed E-state index contributed by atoms with van der Waals surface area (Å²) in [5, 5.41) is 19.8. The fourth-order valence-corrected chi connectivity index (χ4v) is 2.04. The van der Waals surface area contributed by atoms with Crippen molar-refractivity contribution in [1.82, 2.24) is 0 Å². The quantitative estimate of drug-likeness (QED) is 0.889. The van der Waals surface area contributed by atoms with E-state index in [9.17, 15) is 14.6 Å². The second kappa shape index (κ2) is 6.24. The van der Waals surface area contributed by atoms with E-state index in [2.05, 4.69) is 0 Å². The predicted molar refractivity (Wildman–Crippen MR) is 78.5 cm³/mol. The Bertz CT molecular complexity index is 594. The van der Waals surface area contributed by atoms with Crippen LogP contribution in [0, 0.1) is 5.82 Å². The smallest absolute Gasteiger partial charge is 0.132 e. The first kappa shape index (κ1) is 15.5. The Morgan fingerprint density at radius 3 is 2.43 bits per heavy atom. The molecule has 2 rings (SSSR count). The predicted octanol–water partition coefficient (Wildman–Crippen LogP) is 3.17. The summed E-state index contributed by atoms with van der Waals surface area (Å²) in [5.74, 6) is -0.213. The fourth-order valence-electron chi connectivity index (χ4n) is 2.04. The molecule has 2 aromatic carbocycles. The highest BCUT2D eigenvalue weighted by molar-refractivity contribution is 5.30. The van der Waals surface area contributed by atoms with Crippen LogP contribution in [0.1, 0.15) is 31.1 Å². The molecule has 3 nitrogen and oxygen atoms in total. The molecule has 0 amide bonds. The number of aliphatic hydroxyl groups is 2. The molecule has 0 fully saturated rings. The zero-order valence-electron chi connectivity index (χ0n) is 12.1. The van der Waals surface area contributed by atoms with E-state index in [1.165, 1.54) is 19.1 Å². The summed E-state index contributed by atoms with van der Waals surface area (Å²) in [5.41, 5.74) is -0.219. The summed E-state index contributed by atoms with van der Waals surface area (Å²) in [6.07, 6.45) is -0.869. The minimum atomic E-state index is -1.17. The molecule has 0 spiro atoms. The number of benzene rings is 2. The van der Waals surface area contributed by atoms with E-state index in [-0.39, 0.29) is 12.2 Å². The molecule has 4 heteroatoms. The number of aliphatic hydroxyl groups excluding tert-OH is 1. The molecule has 0 aliphatic rings. The zero-order chi connectivity index (χ0) is 15.5. The van der Waals surface area contributed by atoms with Crippen molar-refractivity contribution in [1.29, 1.82) is 0 Å². The number of ether oxygens (including phenoxy) is 1. The van der Waals surface area contributed by atoms with Gasteiger partial charge in [0.25, 0.3) is 0 Å². The van der Waals surface area contributed by atoms with Crippen molar-refractivity contribution in [3.8, 4) is 5.75 Å². The van der Waals surface area contributed by atoms with Gasteiger partial charge in [-0.2, -0.15) is 0 Å². The van der Waals surface area contributed by atoms with E-state index in [0.717, 1.165) is 5.56 Å². The van der Waals surface area contributed by atoms with Gasteiger partial charge in [0.05, 0.1) is 6.10 Å². The van der Waals surface area contributed by atoms with Crippen molar-refractivity contribution in [3.05, 3.63) is 65.5 Å². The molecule has 1 unspecified atom stereocenters. The molecule has 21 heavy (non-hydrogen) atoms. The SMILES string of the molecule is C[C@H](O)c1ccc(OCC(C)(O)c2ccccc2)cc1F. The lowest BCUT2D eigenvalue weighted by molar-refractivity contribution is 0.00746. The first-order chi connectivity index (χ1) is 9.90. The Morgan fingerprint density at radius 2 is 1.86 bits per heavy atom. The van der Waals surface area contributed by atoms with Gasteiger partial charge >= 0.3 is 0 Å². The monoisotopic (exact) mass is 290 g/mol. The molecule has 112 valence electrons. The van der Waals surface area contributed by atoms with Gasteiger partial charge in [-0.25, -0.2) is 4.39 Å². The number of hydrogen-bond acceptors (Lipinski definition) is 3. The normalized spacial score (nSPS) is 15.3. The molecule has 2 aromatic rings. The lowest BCUT2D eigenvalue weighted by atomic mass is 9.97.